The molecule has 0 atom stereocenters. The van der Waals surface area contributed by atoms with Crippen molar-refractivity contribution in [3.05, 3.63) is 36.5 Å². The first kappa shape index (κ1) is 11.0. The van der Waals surface area contributed by atoms with Gasteiger partial charge in [-0.05, 0) is 30.3 Å². The number of benzene rings is 1. The maximum absolute atomic E-state index is 5.62. The molecule has 90 valence electrons. The summed E-state index contributed by atoms with van der Waals surface area (Å²) in [6.07, 6.45) is 1.64. The Hall–Kier alpha value is -2.14. The van der Waals surface area contributed by atoms with Crippen molar-refractivity contribution in [3.8, 4) is 16.5 Å². The summed E-state index contributed by atoms with van der Waals surface area (Å²) in [6.45, 7) is 0. The molecule has 0 saturated carbocycles. The monoisotopic (exact) mass is 257 g/mol. The van der Waals surface area contributed by atoms with E-state index in [2.05, 4.69) is 9.97 Å². The molecule has 0 bridgehead atoms. The van der Waals surface area contributed by atoms with Crippen LogP contribution in [0.3, 0.4) is 0 Å². The summed E-state index contributed by atoms with van der Waals surface area (Å²) in [5, 5.41) is 0.887. The van der Waals surface area contributed by atoms with Gasteiger partial charge in [-0.1, -0.05) is 0 Å². The van der Waals surface area contributed by atoms with E-state index >= 15 is 0 Å². The van der Waals surface area contributed by atoms with Crippen molar-refractivity contribution < 1.29 is 4.74 Å². The van der Waals surface area contributed by atoms with Gasteiger partial charge in [0, 0.05) is 0 Å². The zero-order valence-corrected chi connectivity index (χ0v) is 10.6. The van der Waals surface area contributed by atoms with Crippen molar-refractivity contribution in [2.75, 3.05) is 12.8 Å². The van der Waals surface area contributed by atoms with E-state index < -0.39 is 0 Å². The maximum Gasteiger partial charge on any atom is 0.143 e. The van der Waals surface area contributed by atoms with Gasteiger partial charge in [0.2, 0.25) is 0 Å². The highest BCUT2D eigenvalue weighted by Crippen LogP contribution is 2.31. The van der Waals surface area contributed by atoms with Gasteiger partial charge in [-0.15, -0.1) is 11.3 Å². The molecule has 0 unspecified atom stereocenters. The fraction of sp³-hybridized carbons (Fsp3) is 0.0769. The molecule has 0 amide bonds. The highest BCUT2D eigenvalue weighted by atomic mass is 32.1. The Morgan fingerprint density at radius 2 is 2.11 bits per heavy atom. The zero-order valence-electron chi connectivity index (χ0n) is 9.75. The van der Waals surface area contributed by atoms with Crippen LogP contribution in [-0.4, -0.2) is 17.1 Å². The summed E-state index contributed by atoms with van der Waals surface area (Å²) in [6, 6.07) is 9.54. The summed E-state index contributed by atoms with van der Waals surface area (Å²) in [7, 11) is 1.66. The van der Waals surface area contributed by atoms with E-state index in [1.54, 1.807) is 24.6 Å². The van der Waals surface area contributed by atoms with Crippen molar-refractivity contribution in [1.82, 2.24) is 9.97 Å². The van der Waals surface area contributed by atoms with Gasteiger partial charge >= 0.3 is 0 Å². The largest absolute Gasteiger partial charge is 0.497 e. The zero-order chi connectivity index (χ0) is 12.5. The maximum atomic E-state index is 5.62. The Labute approximate surface area is 108 Å². The lowest BCUT2D eigenvalue weighted by Crippen LogP contribution is -1.87. The fourth-order valence-corrected chi connectivity index (χ4v) is 2.64. The minimum atomic E-state index is 0.654. The van der Waals surface area contributed by atoms with E-state index in [0.717, 1.165) is 26.7 Å². The molecule has 4 nitrogen and oxygen atoms in total. The van der Waals surface area contributed by atoms with Gasteiger partial charge in [0.15, 0.2) is 0 Å². The molecule has 0 aliphatic carbocycles. The molecule has 2 aromatic heterocycles. The number of aromatic nitrogens is 2. The Kier molecular flexibility index (Phi) is 2.60. The van der Waals surface area contributed by atoms with Crippen LogP contribution >= 0.6 is 11.3 Å². The second-order valence-corrected chi connectivity index (χ2v) is 4.86. The average Bonchev–Trinajstić information content (AvgIpc) is 2.82. The molecule has 2 heterocycles. The second kappa shape index (κ2) is 4.27. The van der Waals surface area contributed by atoms with Crippen LogP contribution in [0.1, 0.15) is 0 Å². The molecular weight excluding hydrogens is 246 g/mol. The van der Waals surface area contributed by atoms with Crippen LogP contribution in [0.25, 0.3) is 20.9 Å². The smallest absolute Gasteiger partial charge is 0.143 e. The van der Waals surface area contributed by atoms with Crippen molar-refractivity contribution in [1.29, 1.82) is 0 Å². The Balaban J connectivity index is 2.10. The van der Waals surface area contributed by atoms with Crippen LogP contribution in [0.2, 0.25) is 0 Å². The van der Waals surface area contributed by atoms with Crippen LogP contribution < -0.4 is 10.5 Å². The van der Waals surface area contributed by atoms with Crippen molar-refractivity contribution in [2.45, 2.75) is 0 Å². The van der Waals surface area contributed by atoms with Crippen LogP contribution in [-0.2, 0) is 0 Å². The third kappa shape index (κ3) is 1.89. The minimum Gasteiger partial charge on any atom is -0.497 e. The van der Waals surface area contributed by atoms with Crippen molar-refractivity contribution in [2.24, 2.45) is 0 Å². The number of nitrogens with zero attached hydrogens (tertiary/aromatic N) is 2. The number of hydrogen-bond donors (Lipinski definition) is 1. The molecule has 3 aromatic rings. The molecule has 3 rings (SSSR count). The second-order valence-electron chi connectivity index (χ2n) is 3.83. The highest BCUT2D eigenvalue weighted by Gasteiger charge is 2.08. The SMILES string of the molecule is COc1ccc2nc(-c3ccc(N)cn3)sc2c1. The van der Waals surface area contributed by atoms with Crippen LogP contribution in [0.4, 0.5) is 5.69 Å². The number of nitrogens with two attached hydrogens (primary N) is 1. The van der Waals surface area contributed by atoms with E-state index in [9.17, 15) is 0 Å². The topological polar surface area (TPSA) is 61.0 Å². The van der Waals surface area contributed by atoms with Gasteiger partial charge in [-0.3, -0.25) is 4.98 Å². The molecule has 0 radical (unpaired) electrons. The number of thiazole rings is 1. The first-order valence-electron chi connectivity index (χ1n) is 5.43. The third-order valence-electron chi connectivity index (χ3n) is 2.60. The van der Waals surface area contributed by atoms with Gasteiger partial charge in [-0.25, -0.2) is 4.98 Å². The molecule has 0 saturated heterocycles. The van der Waals surface area contributed by atoms with Gasteiger partial charge in [0.05, 0.1) is 34.9 Å². The minimum absolute atomic E-state index is 0.654. The van der Waals surface area contributed by atoms with E-state index in [-0.39, 0.29) is 0 Å². The Bertz CT molecular complexity index is 691. The summed E-state index contributed by atoms with van der Waals surface area (Å²) in [4.78, 5) is 8.83. The number of nitrogen functional groups attached to an aromatic ring is 1. The molecule has 1 aromatic carbocycles. The van der Waals surface area contributed by atoms with E-state index in [1.807, 2.05) is 30.3 Å². The molecule has 18 heavy (non-hydrogen) atoms. The van der Waals surface area contributed by atoms with E-state index in [1.165, 1.54) is 0 Å². The number of ether oxygens (including phenoxy) is 1. The Morgan fingerprint density at radius 3 is 2.83 bits per heavy atom. The molecule has 0 spiro atoms. The number of pyridine rings is 1. The van der Waals surface area contributed by atoms with Crippen LogP contribution in [0.5, 0.6) is 5.75 Å². The van der Waals surface area contributed by atoms with Gasteiger partial charge < -0.3 is 10.5 Å². The quantitative estimate of drug-likeness (QED) is 0.766. The summed E-state index contributed by atoms with van der Waals surface area (Å²) in [5.41, 5.74) is 8.07. The first-order chi connectivity index (χ1) is 8.76. The number of rotatable bonds is 2. The standard InChI is InChI=1S/C13H11N3OS/c1-17-9-3-5-10-12(6-9)18-13(16-10)11-4-2-8(14)7-15-11/h2-7H,14H2,1H3. The molecule has 0 aliphatic heterocycles. The van der Waals surface area contributed by atoms with Gasteiger partial charge in [-0.2, -0.15) is 0 Å². The number of hydrogen-bond acceptors (Lipinski definition) is 5. The average molecular weight is 257 g/mol. The highest BCUT2D eigenvalue weighted by molar-refractivity contribution is 7.21. The predicted octanol–water partition coefficient (Wildman–Crippen LogP) is 2.95. The van der Waals surface area contributed by atoms with E-state index in [4.69, 9.17) is 10.5 Å². The molecule has 0 aliphatic rings. The normalized spacial score (nSPS) is 10.7. The number of anilines is 1. The van der Waals surface area contributed by atoms with Crippen molar-refractivity contribution in [3.63, 3.8) is 0 Å². The lowest BCUT2D eigenvalue weighted by Gasteiger charge is -1.96. The Morgan fingerprint density at radius 1 is 1.22 bits per heavy atom. The predicted molar refractivity (Wildman–Crippen MR) is 73.8 cm³/mol. The number of fused-ring (bicyclic) bond motifs is 1. The third-order valence-corrected chi connectivity index (χ3v) is 3.64. The molecule has 0 fully saturated rings. The van der Waals surface area contributed by atoms with Crippen LogP contribution in [0.15, 0.2) is 36.5 Å². The van der Waals surface area contributed by atoms with E-state index in [0.29, 0.717) is 5.69 Å². The molecule has 2 N–H and O–H groups in total. The number of methoxy groups -OCH3 is 1. The molecule has 5 heteroatoms. The summed E-state index contributed by atoms with van der Waals surface area (Å²) < 4.78 is 6.29. The lowest BCUT2D eigenvalue weighted by molar-refractivity contribution is 0.415. The lowest BCUT2D eigenvalue weighted by atomic mass is 10.3. The van der Waals surface area contributed by atoms with Gasteiger partial charge in [0.25, 0.3) is 0 Å². The first-order valence-corrected chi connectivity index (χ1v) is 6.24. The van der Waals surface area contributed by atoms with Crippen molar-refractivity contribution >= 4 is 27.2 Å². The summed E-state index contributed by atoms with van der Waals surface area (Å²) >= 11 is 1.59. The molecular formula is C13H11N3OS. The van der Waals surface area contributed by atoms with Crippen LogP contribution in [0, 0.1) is 0 Å². The fourth-order valence-electron chi connectivity index (χ4n) is 1.67. The summed E-state index contributed by atoms with van der Waals surface area (Å²) in [5.74, 6) is 0.836. The van der Waals surface area contributed by atoms with Gasteiger partial charge in [0.1, 0.15) is 10.8 Å².